The van der Waals surface area contributed by atoms with Crippen molar-refractivity contribution >= 4 is 18.4 Å². The SMILES string of the molecule is F[Si][Si](F)F. The summed E-state index contributed by atoms with van der Waals surface area (Å²) in [6, 6.07) is 0. The van der Waals surface area contributed by atoms with Gasteiger partial charge in [-0.05, 0) is 0 Å². The van der Waals surface area contributed by atoms with E-state index in [1.807, 2.05) is 0 Å². The molecule has 0 aromatic carbocycles. The van der Waals surface area contributed by atoms with E-state index in [1.165, 1.54) is 0 Å². The molecule has 0 aromatic heterocycles. The molecule has 0 spiro atoms. The normalized spacial score (nSPS) is 9.60. The minimum absolute atomic E-state index is 1.62. The molecule has 0 N–H and O–H groups in total. The molecular formula is F3Si2. The van der Waals surface area contributed by atoms with Crippen molar-refractivity contribution in [2.24, 2.45) is 0 Å². The second-order valence-electron chi connectivity index (χ2n) is 0.355. The van der Waals surface area contributed by atoms with Gasteiger partial charge in [-0.3, -0.25) is 8.22 Å². The van der Waals surface area contributed by atoms with Gasteiger partial charge in [0.05, 0.1) is 0 Å². The predicted molar refractivity (Wildman–Crippen MR) is 14.8 cm³/mol. The second kappa shape index (κ2) is 2.46. The number of rotatable bonds is 1. The van der Waals surface area contributed by atoms with Crippen molar-refractivity contribution in [1.82, 2.24) is 0 Å². The van der Waals surface area contributed by atoms with Crippen LogP contribution in [-0.4, -0.2) is 18.4 Å². The van der Waals surface area contributed by atoms with Gasteiger partial charge in [0.25, 0.3) is 0 Å². The van der Waals surface area contributed by atoms with E-state index in [0.29, 0.717) is 0 Å². The molecule has 0 aromatic rings. The van der Waals surface area contributed by atoms with Gasteiger partial charge in [0.2, 0.25) is 0 Å². The summed E-state index contributed by atoms with van der Waals surface area (Å²) in [7, 11) is -5.13. The third-order valence-electron chi connectivity index (χ3n) is 0.0714. The van der Waals surface area contributed by atoms with Crippen LogP contribution in [0.15, 0.2) is 0 Å². The Balaban J connectivity index is 2.54. The van der Waals surface area contributed by atoms with E-state index in [9.17, 15) is 12.3 Å². The first-order chi connectivity index (χ1) is 2.27. The Hall–Kier alpha value is 0.224. The number of halogens is 3. The second-order valence-corrected chi connectivity index (χ2v) is 2.77. The first-order valence-corrected chi connectivity index (χ1v) is 3.95. The van der Waals surface area contributed by atoms with Crippen LogP contribution < -0.4 is 0 Å². The van der Waals surface area contributed by atoms with Crippen LogP contribution in [0.2, 0.25) is 0 Å². The summed E-state index contributed by atoms with van der Waals surface area (Å²) in [6.07, 6.45) is 0. The summed E-state index contributed by atoms with van der Waals surface area (Å²) in [6.45, 7) is 0. The fraction of sp³-hybridized carbons (Fsp3) is 0. The molecule has 0 nitrogen and oxygen atoms in total. The third-order valence-corrected chi connectivity index (χ3v) is 0.643. The van der Waals surface area contributed by atoms with Crippen LogP contribution in [0, 0.1) is 0 Å². The highest BCUT2D eigenvalue weighted by atomic mass is 29.2. The molecule has 0 bridgehead atoms. The summed E-state index contributed by atoms with van der Waals surface area (Å²) in [4.78, 5) is 0. The quantitative estimate of drug-likeness (QED) is 0.343. The minimum Gasteiger partial charge on any atom is -0.312 e. The molecule has 0 amide bonds. The van der Waals surface area contributed by atoms with Crippen LogP contribution in [0.3, 0.4) is 0 Å². The third kappa shape index (κ3) is 4.22. The Kier molecular flexibility index (Phi) is 2.57. The van der Waals surface area contributed by atoms with Crippen LogP contribution in [-0.2, 0) is 0 Å². The van der Waals surface area contributed by atoms with Gasteiger partial charge in [0.1, 0.15) is 0 Å². The lowest BCUT2D eigenvalue weighted by Gasteiger charge is -1.68. The Morgan fingerprint density at radius 1 is 1.40 bits per heavy atom. The lowest BCUT2D eigenvalue weighted by molar-refractivity contribution is 0.683. The van der Waals surface area contributed by atoms with Crippen molar-refractivity contribution in [1.29, 1.82) is 0 Å². The maximum absolute atomic E-state index is 10.5. The van der Waals surface area contributed by atoms with E-state index >= 15 is 0 Å². The Morgan fingerprint density at radius 2 is 1.60 bits per heavy atom. The van der Waals surface area contributed by atoms with E-state index in [4.69, 9.17) is 0 Å². The molecule has 0 aliphatic heterocycles. The monoisotopic (exact) mass is 113 g/mol. The average Bonchev–Trinajstić information content (AvgIpc) is 1.38. The molecule has 0 heterocycles. The minimum atomic E-state index is -3.51. The Labute approximate surface area is 31.7 Å². The smallest absolute Gasteiger partial charge is 0.312 e. The van der Waals surface area contributed by atoms with Gasteiger partial charge < -0.3 is 4.11 Å². The van der Waals surface area contributed by atoms with E-state index < -0.39 is 18.4 Å². The summed E-state index contributed by atoms with van der Waals surface area (Å²) >= 11 is 0. The molecule has 5 heavy (non-hydrogen) atoms. The van der Waals surface area contributed by atoms with Crippen molar-refractivity contribution < 1.29 is 12.3 Å². The largest absolute Gasteiger partial charge is 0.490 e. The number of hydrogen-bond donors (Lipinski definition) is 0. The molecule has 3 radical (unpaired) electrons. The van der Waals surface area contributed by atoms with E-state index in [0.717, 1.165) is 0 Å². The van der Waals surface area contributed by atoms with Gasteiger partial charge >= 0.3 is 18.4 Å². The molecule has 0 unspecified atom stereocenters. The molecule has 5 heteroatoms. The molecule has 0 saturated heterocycles. The van der Waals surface area contributed by atoms with Crippen molar-refractivity contribution in [2.45, 2.75) is 0 Å². The van der Waals surface area contributed by atoms with Crippen molar-refractivity contribution in [3.8, 4) is 0 Å². The van der Waals surface area contributed by atoms with Crippen LogP contribution in [0.5, 0.6) is 0 Å². The molecule has 0 aliphatic rings. The molecular weight excluding hydrogens is 113 g/mol. The molecule has 0 rings (SSSR count). The lowest BCUT2D eigenvalue weighted by Crippen LogP contribution is -2.02. The molecule has 0 aliphatic carbocycles. The van der Waals surface area contributed by atoms with E-state index in [2.05, 4.69) is 0 Å². The van der Waals surface area contributed by atoms with Gasteiger partial charge in [-0.2, -0.15) is 0 Å². The summed E-state index contributed by atoms with van der Waals surface area (Å²) in [5.74, 6) is 0. The van der Waals surface area contributed by atoms with E-state index in [-0.39, 0.29) is 0 Å². The van der Waals surface area contributed by atoms with Gasteiger partial charge in [-0.25, -0.2) is 0 Å². The zero-order valence-electron chi connectivity index (χ0n) is 2.13. The first-order valence-electron chi connectivity index (χ1n) is 0.817. The van der Waals surface area contributed by atoms with Crippen molar-refractivity contribution in [2.75, 3.05) is 0 Å². The van der Waals surface area contributed by atoms with Gasteiger partial charge in [-0.1, -0.05) is 0 Å². The lowest BCUT2D eigenvalue weighted by atomic mass is 18.8. The van der Waals surface area contributed by atoms with Crippen LogP contribution >= 0.6 is 0 Å². The molecule has 29 valence electrons. The van der Waals surface area contributed by atoms with Gasteiger partial charge in [0, 0.05) is 0 Å². The van der Waals surface area contributed by atoms with Crippen molar-refractivity contribution in [3.05, 3.63) is 0 Å². The fourth-order valence-corrected chi connectivity index (χ4v) is 0. The fourth-order valence-electron chi connectivity index (χ4n) is 0. The first kappa shape index (κ1) is 5.22. The Morgan fingerprint density at radius 3 is 1.60 bits per heavy atom. The standard InChI is InChI=1S/F3Si2/c1-4-5(2)3. The predicted octanol–water partition coefficient (Wildman–Crippen LogP) is 0.499. The highest BCUT2D eigenvalue weighted by Gasteiger charge is 2.10. The zero-order valence-corrected chi connectivity index (χ0v) is 4.13. The maximum atomic E-state index is 10.5. The summed E-state index contributed by atoms with van der Waals surface area (Å²) in [5, 5.41) is 0. The van der Waals surface area contributed by atoms with Gasteiger partial charge in [0.15, 0.2) is 0 Å². The molecule has 0 saturated carbocycles. The molecule has 0 atom stereocenters. The van der Waals surface area contributed by atoms with Crippen molar-refractivity contribution in [3.63, 3.8) is 0 Å². The van der Waals surface area contributed by atoms with Gasteiger partial charge in [-0.15, -0.1) is 0 Å². The topological polar surface area (TPSA) is 0 Å². The molecule has 0 fully saturated rings. The van der Waals surface area contributed by atoms with Crippen LogP contribution in [0.4, 0.5) is 12.3 Å². The van der Waals surface area contributed by atoms with E-state index in [1.54, 1.807) is 0 Å². The number of hydrogen-bond acceptors (Lipinski definition) is 0. The summed E-state index contributed by atoms with van der Waals surface area (Å²) < 4.78 is 31.4. The van der Waals surface area contributed by atoms with Crippen LogP contribution in [0.1, 0.15) is 0 Å². The van der Waals surface area contributed by atoms with Crippen LogP contribution in [0.25, 0.3) is 0 Å². The zero-order chi connectivity index (χ0) is 4.28. The average molecular weight is 113 g/mol. The highest BCUT2D eigenvalue weighted by molar-refractivity contribution is 7.01. The maximum Gasteiger partial charge on any atom is 0.490 e. The summed E-state index contributed by atoms with van der Waals surface area (Å²) in [5.41, 5.74) is 0. The highest BCUT2D eigenvalue weighted by Crippen LogP contribution is 1.79. The Bertz CT molecular complexity index is 18.9.